The van der Waals surface area contributed by atoms with Crippen molar-refractivity contribution in [1.29, 1.82) is 0 Å². The Bertz CT molecular complexity index is 543. The number of thiophene rings is 1. The molecule has 6 heteroatoms. The highest BCUT2D eigenvalue weighted by Gasteiger charge is 2.09. The number of hydrogen-bond acceptors (Lipinski definition) is 6. The van der Waals surface area contributed by atoms with E-state index >= 15 is 0 Å². The van der Waals surface area contributed by atoms with E-state index in [2.05, 4.69) is 27.5 Å². The Balaban J connectivity index is 2.10. The molecule has 1 atom stereocenters. The minimum atomic E-state index is -0.250. The van der Waals surface area contributed by atoms with Crippen LogP contribution in [0.1, 0.15) is 33.1 Å². The molecule has 2 heterocycles. The molecule has 0 radical (unpaired) electrons. The summed E-state index contributed by atoms with van der Waals surface area (Å²) in [6.07, 6.45) is 2.30. The van der Waals surface area contributed by atoms with E-state index in [0.29, 0.717) is 12.5 Å². The van der Waals surface area contributed by atoms with Crippen molar-refractivity contribution in [2.45, 2.75) is 39.2 Å². The van der Waals surface area contributed by atoms with Gasteiger partial charge >= 0.3 is 0 Å². The number of aliphatic hydroxyl groups excluding tert-OH is 1. The molecule has 0 aliphatic rings. The molecule has 0 fully saturated rings. The van der Waals surface area contributed by atoms with Crippen molar-refractivity contribution in [2.75, 3.05) is 23.7 Å². The Morgan fingerprint density at radius 1 is 1.25 bits per heavy atom. The molecular weight excluding hydrogens is 272 g/mol. The normalized spacial score (nSPS) is 12.6. The topological polar surface area (TPSA) is 70.1 Å². The van der Waals surface area contributed by atoms with Gasteiger partial charge in [-0.15, -0.1) is 11.3 Å². The van der Waals surface area contributed by atoms with E-state index in [9.17, 15) is 5.11 Å². The summed E-state index contributed by atoms with van der Waals surface area (Å²) in [4.78, 5) is 10.0. The molecule has 0 spiro atoms. The molecule has 20 heavy (non-hydrogen) atoms. The molecule has 2 aromatic rings. The van der Waals surface area contributed by atoms with Gasteiger partial charge in [0.1, 0.15) is 10.6 Å². The van der Waals surface area contributed by atoms with Crippen molar-refractivity contribution in [1.82, 2.24) is 9.97 Å². The van der Waals surface area contributed by atoms with Gasteiger partial charge in [-0.2, -0.15) is 4.98 Å². The van der Waals surface area contributed by atoms with Gasteiger partial charge in [0.05, 0.1) is 11.5 Å². The SMILES string of the molecule is CCCNc1nc(NCCC(O)CC)c2ccsc2n1. The van der Waals surface area contributed by atoms with E-state index in [4.69, 9.17) is 0 Å². The first-order valence-electron chi connectivity index (χ1n) is 7.15. The van der Waals surface area contributed by atoms with Crippen molar-refractivity contribution in [3.05, 3.63) is 11.4 Å². The van der Waals surface area contributed by atoms with Gasteiger partial charge < -0.3 is 15.7 Å². The molecule has 5 nitrogen and oxygen atoms in total. The molecule has 0 saturated carbocycles. The second-order valence-corrected chi connectivity index (χ2v) is 5.63. The van der Waals surface area contributed by atoms with Gasteiger partial charge in [-0.05, 0) is 30.7 Å². The largest absolute Gasteiger partial charge is 0.393 e. The number of nitrogens with one attached hydrogen (secondary N) is 2. The minimum Gasteiger partial charge on any atom is -0.393 e. The maximum Gasteiger partial charge on any atom is 0.226 e. The third kappa shape index (κ3) is 3.80. The number of fused-ring (bicyclic) bond motifs is 1. The second-order valence-electron chi connectivity index (χ2n) is 4.74. The molecule has 0 aliphatic heterocycles. The third-order valence-electron chi connectivity index (χ3n) is 3.10. The molecular formula is C14H22N4OS. The maximum atomic E-state index is 9.60. The maximum absolute atomic E-state index is 9.60. The summed E-state index contributed by atoms with van der Waals surface area (Å²) in [5.74, 6) is 1.51. The lowest BCUT2D eigenvalue weighted by molar-refractivity contribution is 0.164. The lowest BCUT2D eigenvalue weighted by Crippen LogP contribution is -2.14. The predicted octanol–water partition coefficient (Wildman–Crippen LogP) is 3.09. The quantitative estimate of drug-likeness (QED) is 0.698. The van der Waals surface area contributed by atoms with Gasteiger partial charge in [-0.25, -0.2) is 4.98 Å². The van der Waals surface area contributed by atoms with E-state index in [1.165, 1.54) is 0 Å². The van der Waals surface area contributed by atoms with Crippen LogP contribution in [0.2, 0.25) is 0 Å². The molecule has 110 valence electrons. The molecule has 0 aliphatic carbocycles. The van der Waals surface area contributed by atoms with Crippen LogP contribution in [0.5, 0.6) is 0 Å². The average Bonchev–Trinajstić information content (AvgIpc) is 2.93. The number of aliphatic hydroxyl groups is 1. The number of anilines is 2. The van der Waals surface area contributed by atoms with Crippen molar-refractivity contribution in [3.8, 4) is 0 Å². The van der Waals surface area contributed by atoms with Gasteiger partial charge in [0, 0.05) is 13.1 Å². The first-order valence-corrected chi connectivity index (χ1v) is 8.03. The van der Waals surface area contributed by atoms with E-state index in [-0.39, 0.29) is 6.10 Å². The van der Waals surface area contributed by atoms with Crippen molar-refractivity contribution in [3.63, 3.8) is 0 Å². The monoisotopic (exact) mass is 294 g/mol. The average molecular weight is 294 g/mol. The van der Waals surface area contributed by atoms with Crippen LogP contribution < -0.4 is 10.6 Å². The van der Waals surface area contributed by atoms with Crippen molar-refractivity contribution in [2.24, 2.45) is 0 Å². The van der Waals surface area contributed by atoms with Crippen LogP contribution in [0.25, 0.3) is 10.2 Å². The van der Waals surface area contributed by atoms with E-state index < -0.39 is 0 Å². The highest BCUT2D eigenvalue weighted by Crippen LogP contribution is 2.26. The highest BCUT2D eigenvalue weighted by molar-refractivity contribution is 7.16. The Kier molecular flexibility index (Phi) is 5.55. The van der Waals surface area contributed by atoms with Crippen LogP contribution in [-0.4, -0.2) is 34.3 Å². The van der Waals surface area contributed by atoms with E-state index in [1.54, 1.807) is 11.3 Å². The summed E-state index contributed by atoms with van der Waals surface area (Å²) >= 11 is 1.61. The number of rotatable bonds is 8. The standard InChI is InChI=1S/C14H22N4OS/c1-3-7-16-14-17-12(15-8-5-10(19)4-2)11-6-9-20-13(11)18-14/h6,9-10,19H,3-5,7-8H2,1-2H3,(H2,15,16,17,18). The summed E-state index contributed by atoms with van der Waals surface area (Å²) in [6.45, 7) is 5.68. The highest BCUT2D eigenvalue weighted by atomic mass is 32.1. The van der Waals surface area contributed by atoms with Crippen LogP contribution in [0, 0.1) is 0 Å². The van der Waals surface area contributed by atoms with Crippen molar-refractivity contribution < 1.29 is 5.11 Å². The number of nitrogens with zero attached hydrogens (tertiary/aromatic N) is 2. The zero-order chi connectivity index (χ0) is 14.4. The summed E-state index contributed by atoms with van der Waals surface area (Å²) in [5.41, 5.74) is 0. The fraction of sp³-hybridized carbons (Fsp3) is 0.571. The van der Waals surface area contributed by atoms with Crippen LogP contribution >= 0.6 is 11.3 Å². The third-order valence-corrected chi connectivity index (χ3v) is 3.91. The summed E-state index contributed by atoms with van der Waals surface area (Å²) in [5, 5.41) is 19.2. The molecule has 2 rings (SSSR count). The Hall–Kier alpha value is -1.40. The molecule has 1 unspecified atom stereocenters. The second kappa shape index (κ2) is 7.40. The van der Waals surface area contributed by atoms with Crippen LogP contribution in [0.15, 0.2) is 11.4 Å². The smallest absolute Gasteiger partial charge is 0.226 e. The van der Waals surface area contributed by atoms with Gasteiger partial charge in [-0.3, -0.25) is 0 Å². The fourth-order valence-corrected chi connectivity index (χ4v) is 2.63. The molecule has 2 aromatic heterocycles. The van der Waals surface area contributed by atoms with Gasteiger partial charge in [-0.1, -0.05) is 13.8 Å². The fourth-order valence-electron chi connectivity index (χ4n) is 1.87. The first-order chi connectivity index (χ1) is 9.74. The first kappa shape index (κ1) is 15.0. The lowest BCUT2D eigenvalue weighted by Gasteiger charge is -2.11. The molecule has 3 N–H and O–H groups in total. The Morgan fingerprint density at radius 3 is 2.85 bits per heavy atom. The summed E-state index contributed by atoms with van der Waals surface area (Å²) < 4.78 is 0. The number of hydrogen-bond donors (Lipinski definition) is 3. The van der Waals surface area contributed by atoms with Crippen LogP contribution in [-0.2, 0) is 0 Å². The number of aromatic nitrogens is 2. The lowest BCUT2D eigenvalue weighted by atomic mass is 10.2. The molecule has 0 saturated heterocycles. The Morgan fingerprint density at radius 2 is 2.10 bits per heavy atom. The minimum absolute atomic E-state index is 0.250. The predicted molar refractivity (Wildman–Crippen MR) is 85.6 cm³/mol. The molecule has 0 amide bonds. The van der Waals surface area contributed by atoms with Gasteiger partial charge in [0.2, 0.25) is 5.95 Å². The molecule has 0 aromatic carbocycles. The van der Waals surface area contributed by atoms with E-state index in [1.807, 2.05) is 18.4 Å². The van der Waals surface area contributed by atoms with Crippen LogP contribution in [0.4, 0.5) is 11.8 Å². The van der Waals surface area contributed by atoms with E-state index in [0.717, 1.165) is 41.8 Å². The zero-order valence-electron chi connectivity index (χ0n) is 12.0. The summed E-state index contributed by atoms with van der Waals surface area (Å²) in [6, 6.07) is 2.03. The summed E-state index contributed by atoms with van der Waals surface area (Å²) in [7, 11) is 0. The Labute approximate surface area is 123 Å². The van der Waals surface area contributed by atoms with Crippen molar-refractivity contribution >= 4 is 33.3 Å². The van der Waals surface area contributed by atoms with Gasteiger partial charge in [0.25, 0.3) is 0 Å². The van der Waals surface area contributed by atoms with Gasteiger partial charge in [0.15, 0.2) is 0 Å². The van der Waals surface area contributed by atoms with Crippen LogP contribution in [0.3, 0.4) is 0 Å². The molecule has 0 bridgehead atoms. The zero-order valence-corrected chi connectivity index (χ0v) is 12.8.